The van der Waals surface area contributed by atoms with E-state index in [4.69, 9.17) is 0 Å². The zero-order chi connectivity index (χ0) is 23.2. The Morgan fingerprint density at radius 1 is 0.419 bits per heavy atom. The fourth-order valence-corrected chi connectivity index (χ4v) is 4.37. The van der Waals surface area contributed by atoms with Crippen molar-refractivity contribution < 1.29 is 0 Å². The molecule has 0 amide bonds. The van der Waals surface area contributed by atoms with Crippen molar-refractivity contribution in [2.24, 2.45) is 23.7 Å². The van der Waals surface area contributed by atoms with E-state index in [0.29, 0.717) is 0 Å². The van der Waals surface area contributed by atoms with Gasteiger partial charge in [-0.05, 0) is 114 Å². The Labute approximate surface area is 197 Å². The van der Waals surface area contributed by atoms with Gasteiger partial charge in [-0.25, -0.2) is 0 Å². The van der Waals surface area contributed by atoms with Crippen LogP contribution in [0.1, 0.15) is 119 Å². The van der Waals surface area contributed by atoms with Crippen LogP contribution < -0.4 is 16.0 Å². The molecule has 0 saturated carbocycles. The first-order chi connectivity index (χ1) is 15.0. The van der Waals surface area contributed by atoms with Crippen molar-refractivity contribution in [3.63, 3.8) is 0 Å². The minimum atomic E-state index is 0.866. The Morgan fingerprint density at radius 3 is 1.06 bits per heavy atom. The zero-order valence-corrected chi connectivity index (χ0v) is 22.5. The Balaban J connectivity index is 3.19. The van der Waals surface area contributed by atoms with Crippen molar-refractivity contribution in [3.05, 3.63) is 0 Å². The molecular weight excluding hydrogens is 378 g/mol. The first kappa shape index (κ1) is 30.9. The number of unbranched alkanes of at least 4 members (excludes halogenated alkanes) is 4. The van der Waals surface area contributed by atoms with E-state index in [2.05, 4.69) is 57.5 Å². The summed E-state index contributed by atoms with van der Waals surface area (Å²) in [5.41, 5.74) is 0. The van der Waals surface area contributed by atoms with Crippen molar-refractivity contribution in [1.82, 2.24) is 16.0 Å². The van der Waals surface area contributed by atoms with Gasteiger partial charge in [-0.2, -0.15) is 0 Å². The molecular formula is C28H61N3. The maximum Gasteiger partial charge on any atom is -0.00464 e. The molecule has 0 aliphatic heterocycles. The average Bonchev–Trinajstić information content (AvgIpc) is 2.75. The molecule has 4 unspecified atom stereocenters. The predicted molar refractivity (Wildman–Crippen MR) is 142 cm³/mol. The molecule has 0 fully saturated rings. The fraction of sp³-hybridized carbons (Fsp3) is 1.00. The highest BCUT2D eigenvalue weighted by Crippen LogP contribution is 2.17. The maximum atomic E-state index is 3.64. The van der Waals surface area contributed by atoms with E-state index in [1.165, 1.54) is 116 Å². The predicted octanol–water partition coefficient (Wildman–Crippen LogP) is 7.02. The highest BCUT2D eigenvalue weighted by Gasteiger charge is 2.07. The van der Waals surface area contributed by atoms with E-state index in [0.717, 1.165) is 23.7 Å². The molecule has 0 heterocycles. The monoisotopic (exact) mass is 439 g/mol. The van der Waals surface area contributed by atoms with Crippen LogP contribution in [0, 0.1) is 23.7 Å². The molecule has 0 radical (unpaired) electrons. The third kappa shape index (κ3) is 22.9. The summed E-state index contributed by atoms with van der Waals surface area (Å²) in [5.74, 6) is 3.51. The Morgan fingerprint density at radius 2 is 0.742 bits per heavy atom. The van der Waals surface area contributed by atoms with E-state index in [1.807, 2.05) is 0 Å². The second kappa shape index (κ2) is 23.1. The SMILES string of the molecule is CCC(C)CC(C)CCNCCCCCNCCCCCNCCC(C)CC(C)CC. The lowest BCUT2D eigenvalue weighted by Gasteiger charge is -2.16. The lowest BCUT2D eigenvalue weighted by Crippen LogP contribution is -2.21. The van der Waals surface area contributed by atoms with Gasteiger partial charge in [-0.3, -0.25) is 0 Å². The van der Waals surface area contributed by atoms with Gasteiger partial charge < -0.3 is 16.0 Å². The molecule has 0 aromatic heterocycles. The van der Waals surface area contributed by atoms with Gasteiger partial charge in [0, 0.05) is 0 Å². The number of hydrogen-bond donors (Lipinski definition) is 3. The molecule has 0 aliphatic rings. The standard InChI is InChI=1S/C28H61N3/c1-7-25(3)23-27(5)15-21-30-19-13-9-11-17-29-18-12-10-14-20-31-22-16-28(6)24-26(4)8-2/h25-31H,7-24H2,1-6H3. The van der Waals surface area contributed by atoms with Crippen molar-refractivity contribution in [2.45, 2.75) is 119 Å². The molecule has 3 nitrogen and oxygen atoms in total. The second-order valence-corrected chi connectivity index (χ2v) is 10.7. The van der Waals surface area contributed by atoms with E-state index >= 15 is 0 Å². The van der Waals surface area contributed by atoms with Gasteiger partial charge >= 0.3 is 0 Å². The van der Waals surface area contributed by atoms with Crippen LogP contribution in [0.15, 0.2) is 0 Å². The number of hydrogen-bond acceptors (Lipinski definition) is 3. The van der Waals surface area contributed by atoms with Gasteiger partial charge in [0.25, 0.3) is 0 Å². The van der Waals surface area contributed by atoms with E-state index in [9.17, 15) is 0 Å². The highest BCUT2D eigenvalue weighted by atomic mass is 14.9. The van der Waals surface area contributed by atoms with Gasteiger partial charge in [-0.15, -0.1) is 0 Å². The largest absolute Gasteiger partial charge is 0.317 e. The number of nitrogens with one attached hydrogen (secondary N) is 3. The summed E-state index contributed by atoms with van der Waals surface area (Å²) in [6.45, 7) is 21.4. The minimum absolute atomic E-state index is 0.866. The Kier molecular flexibility index (Phi) is 23.0. The first-order valence-corrected chi connectivity index (χ1v) is 14.1. The molecule has 0 bridgehead atoms. The van der Waals surface area contributed by atoms with Crippen LogP contribution in [-0.2, 0) is 0 Å². The van der Waals surface area contributed by atoms with Gasteiger partial charge in [-0.1, -0.05) is 67.2 Å². The van der Waals surface area contributed by atoms with Crippen LogP contribution in [0.5, 0.6) is 0 Å². The minimum Gasteiger partial charge on any atom is -0.317 e. The summed E-state index contributed by atoms with van der Waals surface area (Å²) in [7, 11) is 0. The van der Waals surface area contributed by atoms with Crippen LogP contribution in [0.3, 0.4) is 0 Å². The summed E-state index contributed by atoms with van der Waals surface area (Å²) in [6, 6.07) is 0. The van der Waals surface area contributed by atoms with Gasteiger partial charge in [0.2, 0.25) is 0 Å². The number of rotatable bonds is 24. The summed E-state index contributed by atoms with van der Waals surface area (Å²) in [6.07, 6.45) is 16.1. The molecule has 31 heavy (non-hydrogen) atoms. The van der Waals surface area contributed by atoms with E-state index < -0.39 is 0 Å². The third-order valence-electron chi connectivity index (χ3n) is 7.05. The van der Waals surface area contributed by atoms with Crippen LogP contribution in [0.2, 0.25) is 0 Å². The third-order valence-corrected chi connectivity index (χ3v) is 7.05. The first-order valence-electron chi connectivity index (χ1n) is 14.1. The fourth-order valence-electron chi connectivity index (χ4n) is 4.37. The van der Waals surface area contributed by atoms with Crippen molar-refractivity contribution in [1.29, 1.82) is 0 Å². The summed E-state index contributed by atoms with van der Waals surface area (Å²) in [4.78, 5) is 0. The topological polar surface area (TPSA) is 36.1 Å². The molecule has 0 spiro atoms. The summed E-state index contributed by atoms with van der Waals surface area (Å²) in [5, 5.41) is 10.9. The Hall–Kier alpha value is -0.120. The normalized spacial score (nSPS) is 15.7. The van der Waals surface area contributed by atoms with Gasteiger partial charge in [0.05, 0.1) is 0 Å². The quantitative estimate of drug-likeness (QED) is 0.141. The van der Waals surface area contributed by atoms with E-state index in [-0.39, 0.29) is 0 Å². The summed E-state index contributed by atoms with van der Waals surface area (Å²) >= 11 is 0. The van der Waals surface area contributed by atoms with E-state index in [1.54, 1.807) is 0 Å². The second-order valence-electron chi connectivity index (χ2n) is 10.7. The molecule has 3 N–H and O–H groups in total. The van der Waals surface area contributed by atoms with Gasteiger partial charge in [0.15, 0.2) is 0 Å². The average molecular weight is 440 g/mol. The van der Waals surface area contributed by atoms with Crippen molar-refractivity contribution >= 4 is 0 Å². The highest BCUT2D eigenvalue weighted by molar-refractivity contribution is 4.62. The molecule has 0 aromatic rings. The van der Waals surface area contributed by atoms with Crippen LogP contribution >= 0.6 is 0 Å². The smallest absolute Gasteiger partial charge is 0.00464 e. The molecule has 0 saturated heterocycles. The molecule has 0 aromatic carbocycles. The van der Waals surface area contributed by atoms with Crippen LogP contribution in [0.25, 0.3) is 0 Å². The molecule has 4 atom stereocenters. The summed E-state index contributed by atoms with van der Waals surface area (Å²) < 4.78 is 0. The molecule has 0 aliphatic carbocycles. The molecule has 0 rings (SSSR count). The maximum absolute atomic E-state index is 3.64. The zero-order valence-electron chi connectivity index (χ0n) is 22.5. The van der Waals surface area contributed by atoms with Crippen LogP contribution in [-0.4, -0.2) is 39.3 Å². The lowest BCUT2D eigenvalue weighted by molar-refractivity contribution is 0.379. The van der Waals surface area contributed by atoms with Crippen LogP contribution in [0.4, 0.5) is 0 Å². The van der Waals surface area contributed by atoms with Crippen molar-refractivity contribution in [3.8, 4) is 0 Å². The van der Waals surface area contributed by atoms with Crippen molar-refractivity contribution in [2.75, 3.05) is 39.3 Å². The Bertz CT molecular complexity index is 315. The lowest BCUT2D eigenvalue weighted by atomic mass is 9.93. The molecule has 3 heteroatoms. The molecule has 188 valence electrons. The van der Waals surface area contributed by atoms with Gasteiger partial charge in [0.1, 0.15) is 0 Å².